The fourth-order valence-corrected chi connectivity index (χ4v) is 4.06. The molecule has 0 spiro atoms. The van der Waals surface area contributed by atoms with Crippen molar-refractivity contribution in [2.75, 3.05) is 50.3 Å². The number of para-hydroxylation sites is 2. The molecule has 30 heavy (non-hydrogen) atoms. The van der Waals surface area contributed by atoms with Gasteiger partial charge in [-0.15, -0.1) is 0 Å². The minimum absolute atomic E-state index is 0.166. The van der Waals surface area contributed by atoms with E-state index >= 15 is 0 Å². The first-order chi connectivity index (χ1) is 14.6. The molecule has 2 fully saturated rings. The van der Waals surface area contributed by atoms with Gasteiger partial charge in [-0.05, 0) is 36.9 Å². The van der Waals surface area contributed by atoms with Gasteiger partial charge in [0.25, 0.3) is 5.91 Å². The molecule has 7 heteroatoms. The molecule has 4 rings (SSSR count). The van der Waals surface area contributed by atoms with E-state index in [0.29, 0.717) is 18.0 Å². The first-order valence-corrected chi connectivity index (χ1v) is 10.2. The van der Waals surface area contributed by atoms with E-state index < -0.39 is 6.04 Å². The molecule has 2 aromatic rings. The SMILES string of the molecule is COc1ccccc1N1C(=O)CC(N(C)Cc2ccc(N3CCOCC3)cc2)C1=O. The van der Waals surface area contributed by atoms with E-state index in [9.17, 15) is 9.59 Å². The molecule has 7 nitrogen and oxygen atoms in total. The van der Waals surface area contributed by atoms with Crippen molar-refractivity contribution >= 4 is 23.2 Å². The van der Waals surface area contributed by atoms with Gasteiger partial charge in [0.2, 0.25) is 5.91 Å². The molecule has 158 valence electrons. The third-order valence-electron chi connectivity index (χ3n) is 5.73. The van der Waals surface area contributed by atoms with Gasteiger partial charge < -0.3 is 14.4 Å². The molecule has 1 unspecified atom stereocenters. The van der Waals surface area contributed by atoms with Crippen molar-refractivity contribution in [1.29, 1.82) is 0 Å². The summed E-state index contributed by atoms with van der Waals surface area (Å²) < 4.78 is 10.7. The zero-order chi connectivity index (χ0) is 21.1. The molecule has 0 bridgehead atoms. The Morgan fingerprint density at radius 3 is 2.47 bits per heavy atom. The molecular formula is C23H27N3O4. The Balaban J connectivity index is 1.44. The van der Waals surface area contributed by atoms with Crippen molar-refractivity contribution in [3.63, 3.8) is 0 Å². The molecule has 0 N–H and O–H groups in total. The van der Waals surface area contributed by atoms with Crippen molar-refractivity contribution in [3.8, 4) is 5.75 Å². The molecule has 2 heterocycles. The smallest absolute Gasteiger partial charge is 0.251 e. The highest BCUT2D eigenvalue weighted by molar-refractivity contribution is 6.23. The van der Waals surface area contributed by atoms with Gasteiger partial charge in [0.05, 0.1) is 38.5 Å². The van der Waals surface area contributed by atoms with Crippen LogP contribution in [0.1, 0.15) is 12.0 Å². The van der Waals surface area contributed by atoms with Gasteiger partial charge in [-0.3, -0.25) is 14.5 Å². The highest BCUT2D eigenvalue weighted by Gasteiger charge is 2.42. The van der Waals surface area contributed by atoms with Crippen molar-refractivity contribution in [3.05, 3.63) is 54.1 Å². The lowest BCUT2D eigenvalue weighted by atomic mass is 10.1. The molecule has 2 aliphatic heterocycles. The summed E-state index contributed by atoms with van der Waals surface area (Å²) in [5.41, 5.74) is 2.78. The zero-order valence-electron chi connectivity index (χ0n) is 17.4. The Bertz CT molecular complexity index is 909. The molecule has 0 saturated carbocycles. The van der Waals surface area contributed by atoms with Crippen LogP contribution in [0.4, 0.5) is 11.4 Å². The average molecular weight is 409 g/mol. The van der Waals surface area contributed by atoms with E-state index in [1.54, 1.807) is 18.2 Å². The van der Waals surface area contributed by atoms with Crippen LogP contribution in [0.3, 0.4) is 0 Å². The number of likely N-dealkylation sites (N-methyl/N-ethyl adjacent to an activating group) is 1. The summed E-state index contributed by atoms with van der Waals surface area (Å²) >= 11 is 0. The fraction of sp³-hybridized carbons (Fsp3) is 0.391. The van der Waals surface area contributed by atoms with Gasteiger partial charge in [-0.25, -0.2) is 4.90 Å². The van der Waals surface area contributed by atoms with E-state index in [0.717, 1.165) is 31.9 Å². The fourth-order valence-electron chi connectivity index (χ4n) is 4.06. The van der Waals surface area contributed by atoms with Crippen LogP contribution in [-0.4, -0.2) is 63.2 Å². The van der Waals surface area contributed by atoms with Gasteiger partial charge in [0, 0.05) is 25.3 Å². The van der Waals surface area contributed by atoms with Crippen LogP contribution in [0.5, 0.6) is 5.75 Å². The third-order valence-corrected chi connectivity index (χ3v) is 5.73. The Morgan fingerprint density at radius 1 is 1.07 bits per heavy atom. The summed E-state index contributed by atoms with van der Waals surface area (Å²) in [5, 5.41) is 0. The van der Waals surface area contributed by atoms with Crippen LogP contribution in [0.15, 0.2) is 48.5 Å². The normalized spacial score (nSPS) is 19.6. The molecule has 0 aromatic heterocycles. The molecular weight excluding hydrogens is 382 g/mol. The van der Waals surface area contributed by atoms with Crippen molar-refractivity contribution in [2.24, 2.45) is 0 Å². The second-order valence-electron chi connectivity index (χ2n) is 7.64. The summed E-state index contributed by atoms with van der Waals surface area (Å²) in [6.45, 7) is 3.90. The molecule has 1 atom stereocenters. The zero-order valence-corrected chi connectivity index (χ0v) is 17.4. The number of amides is 2. The minimum atomic E-state index is -0.485. The number of anilines is 2. The summed E-state index contributed by atoms with van der Waals surface area (Å²) in [6, 6.07) is 15.0. The summed E-state index contributed by atoms with van der Waals surface area (Å²) in [6.07, 6.45) is 0.166. The van der Waals surface area contributed by atoms with Crippen LogP contribution >= 0.6 is 0 Å². The Morgan fingerprint density at radius 2 is 1.77 bits per heavy atom. The topological polar surface area (TPSA) is 62.3 Å². The number of carbonyl (C=O) groups excluding carboxylic acids is 2. The van der Waals surface area contributed by atoms with Gasteiger partial charge in [0.1, 0.15) is 5.75 Å². The maximum Gasteiger partial charge on any atom is 0.251 e. The van der Waals surface area contributed by atoms with Crippen LogP contribution < -0.4 is 14.5 Å². The largest absolute Gasteiger partial charge is 0.495 e. The number of methoxy groups -OCH3 is 1. The molecule has 2 aliphatic rings. The van der Waals surface area contributed by atoms with Crippen molar-refractivity contribution < 1.29 is 19.1 Å². The maximum absolute atomic E-state index is 13.1. The number of morpholine rings is 1. The van der Waals surface area contributed by atoms with Gasteiger partial charge in [0.15, 0.2) is 0 Å². The number of hydrogen-bond acceptors (Lipinski definition) is 6. The lowest BCUT2D eigenvalue weighted by Crippen LogP contribution is -2.39. The number of rotatable bonds is 6. The molecule has 2 aromatic carbocycles. The van der Waals surface area contributed by atoms with E-state index in [-0.39, 0.29) is 18.2 Å². The van der Waals surface area contributed by atoms with Gasteiger partial charge in [-0.2, -0.15) is 0 Å². The Hall–Kier alpha value is -2.90. The van der Waals surface area contributed by atoms with Crippen molar-refractivity contribution in [1.82, 2.24) is 4.90 Å². The van der Waals surface area contributed by atoms with Gasteiger partial charge >= 0.3 is 0 Å². The molecule has 2 saturated heterocycles. The highest BCUT2D eigenvalue weighted by atomic mass is 16.5. The number of carbonyl (C=O) groups is 2. The second-order valence-corrected chi connectivity index (χ2v) is 7.64. The monoisotopic (exact) mass is 409 g/mol. The Labute approximate surface area is 176 Å². The summed E-state index contributed by atoms with van der Waals surface area (Å²) in [4.78, 5) is 31.2. The first-order valence-electron chi connectivity index (χ1n) is 10.2. The number of nitrogens with zero attached hydrogens (tertiary/aromatic N) is 3. The summed E-state index contributed by atoms with van der Waals surface area (Å²) in [5.74, 6) is 0.0992. The van der Waals surface area contributed by atoms with Crippen molar-refractivity contribution in [2.45, 2.75) is 19.0 Å². The van der Waals surface area contributed by atoms with E-state index in [1.807, 2.05) is 18.0 Å². The number of hydrogen-bond donors (Lipinski definition) is 0. The quantitative estimate of drug-likeness (QED) is 0.683. The van der Waals surface area contributed by atoms with Crippen LogP contribution in [0.2, 0.25) is 0 Å². The second kappa shape index (κ2) is 8.85. The third kappa shape index (κ3) is 4.04. The summed E-state index contributed by atoms with van der Waals surface area (Å²) in [7, 11) is 3.42. The minimum Gasteiger partial charge on any atom is -0.495 e. The van der Waals surface area contributed by atoms with E-state index in [4.69, 9.17) is 9.47 Å². The highest BCUT2D eigenvalue weighted by Crippen LogP contribution is 2.33. The molecule has 0 aliphatic carbocycles. The average Bonchev–Trinajstić information content (AvgIpc) is 3.08. The first kappa shape index (κ1) is 20.4. The predicted octanol–water partition coefficient (Wildman–Crippen LogP) is 2.30. The van der Waals surface area contributed by atoms with E-state index in [2.05, 4.69) is 29.2 Å². The van der Waals surface area contributed by atoms with Crippen LogP contribution in [-0.2, 0) is 20.9 Å². The van der Waals surface area contributed by atoms with Crippen LogP contribution in [0, 0.1) is 0 Å². The number of benzene rings is 2. The van der Waals surface area contributed by atoms with E-state index in [1.165, 1.54) is 17.7 Å². The van der Waals surface area contributed by atoms with Crippen LogP contribution in [0.25, 0.3) is 0 Å². The lowest BCUT2D eigenvalue weighted by molar-refractivity contribution is -0.122. The molecule has 0 radical (unpaired) electrons. The lowest BCUT2D eigenvalue weighted by Gasteiger charge is -2.29. The number of ether oxygens (including phenoxy) is 2. The van der Waals surface area contributed by atoms with Gasteiger partial charge in [-0.1, -0.05) is 24.3 Å². The predicted molar refractivity (Wildman–Crippen MR) is 115 cm³/mol. The Kier molecular flexibility index (Phi) is 6.01. The number of imide groups is 1. The standard InChI is InChI=1S/C23H27N3O4/c1-24(16-17-7-9-18(10-8-17)25-11-13-30-14-12-25)20-15-22(27)26(23(20)28)19-5-3-4-6-21(19)29-2/h3-10,20H,11-16H2,1-2H3. The molecule has 2 amide bonds. The maximum atomic E-state index is 13.1.